The summed E-state index contributed by atoms with van der Waals surface area (Å²) >= 11 is 12.1. The number of para-hydroxylation sites is 1. The third kappa shape index (κ3) is 5.43. The number of thiocarbonyl (C=S) groups is 1. The van der Waals surface area contributed by atoms with E-state index in [9.17, 15) is 19.5 Å². The summed E-state index contributed by atoms with van der Waals surface area (Å²) in [5.74, 6) is -1.76. The van der Waals surface area contributed by atoms with Crippen LogP contribution in [0.1, 0.15) is 29.3 Å². The van der Waals surface area contributed by atoms with E-state index in [4.69, 9.17) is 28.6 Å². The quantitative estimate of drug-likeness (QED) is 0.458. The largest absolute Gasteiger partial charge is 0.479 e. The Kier molecular flexibility index (Phi) is 7.32. The Labute approximate surface area is 193 Å². The Balaban J connectivity index is 1.80. The number of nitrogens with zero attached hydrogens (tertiary/aromatic N) is 1. The van der Waals surface area contributed by atoms with Crippen LogP contribution < -0.4 is 10.2 Å². The van der Waals surface area contributed by atoms with Gasteiger partial charge in [0.25, 0.3) is 11.8 Å². The Morgan fingerprint density at radius 3 is 2.58 bits per heavy atom. The van der Waals surface area contributed by atoms with E-state index in [0.29, 0.717) is 21.9 Å². The highest BCUT2D eigenvalue weighted by atomic mass is 35.5. The number of rotatable bonds is 7. The molecule has 3 rings (SSSR count). The number of carbonyl (C=O) groups is 3. The van der Waals surface area contributed by atoms with Gasteiger partial charge >= 0.3 is 5.97 Å². The molecule has 160 valence electrons. The van der Waals surface area contributed by atoms with Crippen molar-refractivity contribution in [1.82, 2.24) is 10.4 Å². The Bertz CT molecular complexity index is 1070. The first kappa shape index (κ1) is 22.8. The molecule has 1 heterocycles. The van der Waals surface area contributed by atoms with Gasteiger partial charge in [0.05, 0.1) is 4.91 Å². The summed E-state index contributed by atoms with van der Waals surface area (Å²) < 4.78 is 5.76. The zero-order valence-corrected chi connectivity index (χ0v) is 18.6. The number of nitrogens with one attached hydrogen (secondary N) is 1. The number of ether oxygens (including phenoxy) is 1. The van der Waals surface area contributed by atoms with E-state index < -0.39 is 23.9 Å². The second-order valence-electron chi connectivity index (χ2n) is 6.36. The lowest BCUT2D eigenvalue weighted by atomic mass is 10.1. The van der Waals surface area contributed by atoms with Gasteiger partial charge in [0.1, 0.15) is 5.75 Å². The SMILES string of the molecule is CCC(Oc1ccccc1/C=C1/SC(=S)N(NC(=O)c2ccc(Cl)cc2)C1=O)C(=O)O. The average molecular weight is 477 g/mol. The van der Waals surface area contributed by atoms with Crippen molar-refractivity contribution in [1.29, 1.82) is 0 Å². The molecular formula is C21H17ClN2O5S2. The van der Waals surface area contributed by atoms with E-state index >= 15 is 0 Å². The maximum atomic E-state index is 12.8. The molecule has 0 saturated carbocycles. The third-order valence-electron chi connectivity index (χ3n) is 4.23. The molecule has 0 aromatic heterocycles. The van der Waals surface area contributed by atoms with Crippen molar-refractivity contribution in [3.8, 4) is 5.75 Å². The van der Waals surface area contributed by atoms with Gasteiger partial charge in [-0.2, -0.15) is 5.01 Å². The minimum absolute atomic E-state index is 0.161. The van der Waals surface area contributed by atoms with Crippen molar-refractivity contribution in [2.75, 3.05) is 0 Å². The van der Waals surface area contributed by atoms with Crippen LogP contribution in [0.4, 0.5) is 0 Å². The fourth-order valence-corrected chi connectivity index (χ4v) is 3.94. The molecule has 0 bridgehead atoms. The molecule has 31 heavy (non-hydrogen) atoms. The molecule has 1 unspecified atom stereocenters. The number of carboxylic acid groups (broad SMARTS) is 1. The fraction of sp³-hybridized carbons (Fsp3) is 0.143. The zero-order chi connectivity index (χ0) is 22.5. The maximum Gasteiger partial charge on any atom is 0.344 e. The van der Waals surface area contributed by atoms with E-state index in [1.165, 1.54) is 12.1 Å². The number of aliphatic carboxylic acids is 1. The van der Waals surface area contributed by atoms with Gasteiger partial charge in [-0.05, 0) is 55.0 Å². The minimum atomic E-state index is -1.08. The summed E-state index contributed by atoms with van der Waals surface area (Å²) in [5.41, 5.74) is 3.33. The molecule has 1 aliphatic rings. The van der Waals surface area contributed by atoms with E-state index in [1.54, 1.807) is 49.4 Å². The van der Waals surface area contributed by atoms with Gasteiger partial charge in [-0.25, -0.2) is 4.79 Å². The molecule has 0 spiro atoms. The normalized spacial score (nSPS) is 15.8. The second-order valence-corrected chi connectivity index (χ2v) is 8.47. The second kappa shape index (κ2) is 9.95. The summed E-state index contributed by atoms with van der Waals surface area (Å²) in [6, 6.07) is 13.0. The highest BCUT2D eigenvalue weighted by Gasteiger charge is 2.34. The van der Waals surface area contributed by atoms with Crippen LogP contribution in [0, 0.1) is 0 Å². The number of hydrogen-bond acceptors (Lipinski definition) is 6. The Morgan fingerprint density at radius 1 is 1.26 bits per heavy atom. The van der Waals surface area contributed by atoms with E-state index in [0.717, 1.165) is 16.8 Å². The van der Waals surface area contributed by atoms with E-state index in [1.807, 2.05) is 0 Å². The van der Waals surface area contributed by atoms with Crippen LogP contribution in [0.15, 0.2) is 53.4 Å². The topological polar surface area (TPSA) is 95.9 Å². The van der Waals surface area contributed by atoms with E-state index in [2.05, 4.69) is 5.43 Å². The zero-order valence-electron chi connectivity index (χ0n) is 16.2. The smallest absolute Gasteiger partial charge is 0.344 e. The van der Waals surface area contributed by atoms with Crippen LogP contribution in [0.5, 0.6) is 5.75 Å². The first-order valence-corrected chi connectivity index (χ1v) is 10.7. The minimum Gasteiger partial charge on any atom is -0.479 e. The van der Waals surface area contributed by atoms with Gasteiger partial charge in [0, 0.05) is 16.1 Å². The number of hydrazine groups is 1. The predicted octanol–water partition coefficient (Wildman–Crippen LogP) is 4.13. The van der Waals surface area contributed by atoms with Gasteiger partial charge in [-0.3, -0.25) is 15.0 Å². The summed E-state index contributed by atoms with van der Waals surface area (Å²) in [5, 5.41) is 10.7. The van der Waals surface area contributed by atoms with Gasteiger partial charge in [0.2, 0.25) is 0 Å². The lowest BCUT2D eigenvalue weighted by molar-refractivity contribution is -0.145. The molecular weight excluding hydrogens is 460 g/mol. The number of carbonyl (C=O) groups excluding carboxylic acids is 2. The summed E-state index contributed by atoms with van der Waals surface area (Å²) in [6.07, 6.45) is 0.822. The molecule has 1 atom stereocenters. The molecule has 0 aliphatic carbocycles. The number of amides is 2. The van der Waals surface area contributed by atoms with Crippen LogP contribution in [-0.4, -0.2) is 38.3 Å². The highest BCUT2D eigenvalue weighted by Crippen LogP contribution is 2.33. The molecule has 2 aromatic rings. The van der Waals surface area contributed by atoms with Gasteiger partial charge in [-0.15, -0.1) is 0 Å². The maximum absolute atomic E-state index is 12.8. The Morgan fingerprint density at radius 2 is 1.94 bits per heavy atom. The molecule has 2 amide bonds. The standard InChI is InChI=1S/C21H17ClN2O5S2/c1-2-15(20(27)28)29-16-6-4-3-5-13(16)11-17-19(26)24(21(30)31-17)23-18(25)12-7-9-14(22)10-8-12/h3-11,15H,2H2,1H3,(H,23,25)(H,27,28)/b17-11+. The lowest BCUT2D eigenvalue weighted by Gasteiger charge is -2.16. The van der Waals surface area contributed by atoms with Gasteiger partial charge in [0.15, 0.2) is 10.4 Å². The number of benzene rings is 2. The van der Waals surface area contributed by atoms with Crippen LogP contribution in [0.25, 0.3) is 6.08 Å². The van der Waals surface area contributed by atoms with Crippen molar-refractivity contribution in [2.24, 2.45) is 0 Å². The molecule has 1 saturated heterocycles. The van der Waals surface area contributed by atoms with Crippen LogP contribution in [-0.2, 0) is 9.59 Å². The monoisotopic (exact) mass is 476 g/mol. The van der Waals surface area contributed by atoms with Crippen LogP contribution in [0.2, 0.25) is 5.02 Å². The summed E-state index contributed by atoms with van der Waals surface area (Å²) in [6.45, 7) is 1.70. The molecule has 0 radical (unpaired) electrons. The van der Waals surface area contributed by atoms with Crippen LogP contribution >= 0.6 is 35.6 Å². The Hall–Kier alpha value is -2.88. The predicted molar refractivity (Wildman–Crippen MR) is 123 cm³/mol. The number of hydrogen-bond donors (Lipinski definition) is 2. The number of thioether (sulfide) groups is 1. The van der Waals surface area contributed by atoms with Crippen LogP contribution in [0.3, 0.4) is 0 Å². The van der Waals surface area contributed by atoms with Crippen molar-refractivity contribution in [2.45, 2.75) is 19.4 Å². The number of halogens is 1. The van der Waals surface area contributed by atoms with Gasteiger partial charge < -0.3 is 9.84 Å². The number of carboxylic acids is 1. The van der Waals surface area contributed by atoms with Crippen molar-refractivity contribution in [3.63, 3.8) is 0 Å². The molecule has 2 aromatic carbocycles. The first-order valence-electron chi connectivity index (χ1n) is 9.13. The molecule has 7 nitrogen and oxygen atoms in total. The average Bonchev–Trinajstić information content (AvgIpc) is 3.00. The van der Waals surface area contributed by atoms with Crippen molar-refractivity contribution in [3.05, 3.63) is 69.6 Å². The van der Waals surface area contributed by atoms with Gasteiger partial charge in [-0.1, -0.05) is 48.5 Å². The first-order chi connectivity index (χ1) is 14.8. The molecule has 1 aliphatic heterocycles. The highest BCUT2D eigenvalue weighted by molar-refractivity contribution is 8.26. The van der Waals surface area contributed by atoms with E-state index in [-0.39, 0.29) is 15.6 Å². The lowest BCUT2D eigenvalue weighted by Crippen LogP contribution is -2.44. The fourth-order valence-electron chi connectivity index (χ4n) is 2.64. The third-order valence-corrected chi connectivity index (χ3v) is 5.79. The molecule has 10 heteroatoms. The van der Waals surface area contributed by atoms with Crippen molar-refractivity contribution < 1.29 is 24.2 Å². The molecule has 2 N–H and O–H groups in total. The summed E-state index contributed by atoms with van der Waals surface area (Å²) in [4.78, 5) is 36.8. The van der Waals surface area contributed by atoms with Crippen molar-refractivity contribution >= 4 is 63.8 Å². The molecule has 1 fully saturated rings. The summed E-state index contributed by atoms with van der Waals surface area (Å²) in [7, 11) is 0.